The highest BCUT2D eigenvalue weighted by Crippen LogP contribution is 2.25. The third-order valence-electron chi connectivity index (χ3n) is 3.94. The highest BCUT2D eigenvalue weighted by atomic mass is 32.2. The normalized spacial score (nSPS) is 20.2. The summed E-state index contributed by atoms with van der Waals surface area (Å²) in [7, 11) is 0. The van der Waals surface area contributed by atoms with Gasteiger partial charge in [0.25, 0.3) is 0 Å². The molecular formula is C18H26FNS. The van der Waals surface area contributed by atoms with E-state index < -0.39 is 0 Å². The van der Waals surface area contributed by atoms with E-state index in [1.807, 2.05) is 6.07 Å². The van der Waals surface area contributed by atoms with E-state index in [1.165, 1.54) is 44.6 Å². The number of hydrogen-bond donors (Lipinski definition) is 1. The smallest absolute Gasteiger partial charge is 0.124 e. The maximum absolute atomic E-state index is 13.3. The minimum atomic E-state index is -0.148. The predicted octanol–water partition coefficient (Wildman–Crippen LogP) is 5.18. The standard InChI is InChI=1S/C18H26FNS/c1-2-20-18(15-9-6-4-3-5-7-10-15)14-21-17-12-8-11-16(19)13-17/h8-9,11-13,18,20H,2-7,10,14H2,1H3/b15-9+. The average Bonchev–Trinajstić information content (AvgIpc) is 2.44. The van der Waals surface area contributed by atoms with Crippen LogP contribution in [-0.4, -0.2) is 18.3 Å². The first-order chi connectivity index (χ1) is 10.3. The van der Waals surface area contributed by atoms with Crippen LogP contribution >= 0.6 is 11.8 Å². The molecule has 3 heteroatoms. The first-order valence-electron chi connectivity index (χ1n) is 8.10. The summed E-state index contributed by atoms with van der Waals surface area (Å²) in [5.74, 6) is 0.827. The van der Waals surface area contributed by atoms with Crippen molar-refractivity contribution in [1.82, 2.24) is 5.32 Å². The van der Waals surface area contributed by atoms with Crippen LogP contribution in [0.3, 0.4) is 0 Å². The maximum Gasteiger partial charge on any atom is 0.124 e. The molecule has 1 unspecified atom stereocenters. The van der Waals surface area contributed by atoms with Crippen LogP contribution in [0.4, 0.5) is 4.39 Å². The highest BCUT2D eigenvalue weighted by Gasteiger charge is 2.14. The van der Waals surface area contributed by atoms with Gasteiger partial charge in [-0.1, -0.05) is 37.5 Å². The molecule has 0 bridgehead atoms. The molecule has 1 aliphatic carbocycles. The van der Waals surface area contributed by atoms with E-state index in [4.69, 9.17) is 0 Å². The average molecular weight is 307 g/mol. The van der Waals surface area contributed by atoms with Gasteiger partial charge in [0, 0.05) is 16.7 Å². The Kier molecular flexibility index (Phi) is 7.31. The Morgan fingerprint density at radius 3 is 2.90 bits per heavy atom. The number of allylic oxidation sites excluding steroid dienone is 1. The van der Waals surface area contributed by atoms with Crippen LogP contribution in [0, 0.1) is 5.82 Å². The van der Waals surface area contributed by atoms with Gasteiger partial charge in [-0.2, -0.15) is 0 Å². The van der Waals surface area contributed by atoms with Crippen molar-refractivity contribution >= 4 is 11.8 Å². The molecule has 0 aliphatic heterocycles. The van der Waals surface area contributed by atoms with Crippen LogP contribution in [-0.2, 0) is 0 Å². The first-order valence-corrected chi connectivity index (χ1v) is 9.09. The van der Waals surface area contributed by atoms with Crippen molar-refractivity contribution in [3.63, 3.8) is 0 Å². The van der Waals surface area contributed by atoms with E-state index in [1.54, 1.807) is 29.5 Å². The zero-order valence-electron chi connectivity index (χ0n) is 12.9. The monoisotopic (exact) mass is 307 g/mol. The van der Waals surface area contributed by atoms with Gasteiger partial charge in [0.05, 0.1) is 0 Å². The third-order valence-corrected chi connectivity index (χ3v) is 5.02. The van der Waals surface area contributed by atoms with Gasteiger partial charge in [0.15, 0.2) is 0 Å². The van der Waals surface area contributed by atoms with Crippen LogP contribution in [0.25, 0.3) is 0 Å². The second kappa shape index (κ2) is 9.26. The molecule has 0 spiro atoms. The fourth-order valence-corrected chi connectivity index (χ4v) is 3.87. The van der Waals surface area contributed by atoms with Gasteiger partial charge >= 0.3 is 0 Å². The number of hydrogen-bond acceptors (Lipinski definition) is 2. The number of rotatable bonds is 6. The molecule has 1 aromatic rings. The topological polar surface area (TPSA) is 12.0 Å². The van der Waals surface area contributed by atoms with Crippen molar-refractivity contribution in [2.75, 3.05) is 12.3 Å². The summed E-state index contributed by atoms with van der Waals surface area (Å²) in [5.41, 5.74) is 1.56. The second-order valence-electron chi connectivity index (χ2n) is 5.61. The van der Waals surface area contributed by atoms with E-state index in [2.05, 4.69) is 18.3 Å². The van der Waals surface area contributed by atoms with Crippen LogP contribution in [0.1, 0.15) is 45.4 Å². The Morgan fingerprint density at radius 2 is 2.10 bits per heavy atom. The Labute approximate surface area is 132 Å². The molecule has 0 saturated carbocycles. The zero-order valence-corrected chi connectivity index (χ0v) is 13.7. The van der Waals surface area contributed by atoms with Crippen molar-refractivity contribution in [2.24, 2.45) is 0 Å². The lowest BCUT2D eigenvalue weighted by atomic mass is 9.95. The molecule has 0 aromatic heterocycles. The molecule has 1 N–H and O–H groups in total. The van der Waals surface area contributed by atoms with Gasteiger partial charge in [-0.15, -0.1) is 11.8 Å². The lowest BCUT2D eigenvalue weighted by Crippen LogP contribution is -2.33. The number of nitrogens with one attached hydrogen (secondary N) is 1. The van der Waals surface area contributed by atoms with Gasteiger partial charge in [0.1, 0.15) is 5.82 Å². The van der Waals surface area contributed by atoms with E-state index in [0.29, 0.717) is 6.04 Å². The Bertz CT molecular complexity index is 458. The van der Waals surface area contributed by atoms with E-state index in [0.717, 1.165) is 17.2 Å². The molecule has 0 saturated heterocycles. The molecule has 0 heterocycles. The van der Waals surface area contributed by atoms with Gasteiger partial charge in [-0.25, -0.2) is 4.39 Å². The summed E-state index contributed by atoms with van der Waals surface area (Å²) in [6.07, 6.45) is 10.2. The molecule has 1 atom stereocenters. The van der Waals surface area contributed by atoms with E-state index in [9.17, 15) is 4.39 Å². The SMILES string of the molecule is CCNC(CSc1cccc(F)c1)/C1=C/CCCCCC1. The van der Waals surface area contributed by atoms with Gasteiger partial charge in [-0.3, -0.25) is 0 Å². The Hall–Kier alpha value is -0.800. The predicted molar refractivity (Wildman–Crippen MR) is 90.4 cm³/mol. The van der Waals surface area contributed by atoms with Crippen molar-refractivity contribution < 1.29 is 4.39 Å². The summed E-state index contributed by atoms with van der Waals surface area (Å²) >= 11 is 1.74. The summed E-state index contributed by atoms with van der Waals surface area (Å²) in [5, 5.41) is 3.60. The number of halogens is 1. The summed E-state index contributed by atoms with van der Waals surface area (Å²) in [4.78, 5) is 1.02. The fourth-order valence-electron chi connectivity index (χ4n) is 2.81. The third kappa shape index (κ3) is 5.84. The molecule has 0 radical (unpaired) electrons. The van der Waals surface area contributed by atoms with Gasteiger partial charge < -0.3 is 5.32 Å². The van der Waals surface area contributed by atoms with Crippen LogP contribution < -0.4 is 5.32 Å². The molecule has 1 aliphatic rings. The summed E-state index contributed by atoms with van der Waals surface area (Å²) < 4.78 is 13.3. The molecule has 0 amide bonds. The van der Waals surface area contributed by atoms with Crippen molar-refractivity contribution in [1.29, 1.82) is 0 Å². The van der Waals surface area contributed by atoms with Crippen molar-refractivity contribution in [2.45, 2.75) is 56.4 Å². The molecule has 0 fully saturated rings. The largest absolute Gasteiger partial charge is 0.310 e. The molecule has 21 heavy (non-hydrogen) atoms. The molecular weight excluding hydrogens is 281 g/mol. The molecule has 1 nitrogen and oxygen atoms in total. The summed E-state index contributed by atoms with van der Waals surface area (Å²) in [6.45, 7) is 3.13. The molecule has 116 valence electrons. The van der Waals surface area contributed by atoms with Crippen LogP contribution in [0.15, 0.2) is 40.8 Å². The van der Waals surface area contributed by atoms with Crippen LogP contribution in [0.5, 0.6) is 0 Å². The zero-order chi connectivity index (χ0) is 14.9. The highest BCUT2D eigenvalue weighted by molar-refractivity contribution is 7.99. The van der Waals surface area contributed by atoms with Gasteiger partial charge in [-0.05, 0) is 50.4 Å². The quantitative estimate of drug-likeness (QED) is 0.574. The molecule has 2 rings (SSSR count). The molecule has 1 aromatic carbocycles. The number of likely N-dealkylation sites (N-methyl/N-ethyl adjacent to an activating group) is 1. The number of benzene rings is 1. The van der Waals surface area contributed by atoms with Crippen LogP contribution in [0.2, 0.25) is 0 Å². The fraction of sp³-hybridized carbons (Fsp3) is 0.556. The first kappa shape index (κ1) is 16.6. The minimum absolute atomic E-state index is 0.148. The number of thioether (sulfide) groups is 1. The van der Waals surface area contributed by atoms with E-state index >= 15 is 0 Å². The Balaban J connectivity index is 1.97. The van der Waals surface area contributed by atoms with Crippen molar-refractivity contribution in [3.8, 4) is 0 Å². The lowest BCUT2D eigenvalue weighted by molar-refractivity contribution is 0.566. The summed E-state index contributed by atoms with van der Waals surface area (Å²) in [6, 6.07) is 7.32. The van der Waals surface area contributed by atoms with E-state index in [-0.39, 0.29) is 5.82 Å². The van der Waals surface area contributed by atoms with Crippen molar-refractivity contribution in [3.05, 3.63) is 41.7 Å². The van der Waals surface area contributed by atoms with Gasteiger partial charge in [0.2, 0.25) is 0 Å². The minimum Gasteiger partial charge on any atom is -0.310 e. The second-order valence-corrected chi connectivity index (χ2v) is 6.70. The Morgan fingerprint density at radius 1 is 1.24 bits per heavy atom. The lowest BCUT2D eigenvalue weighted by Gasteiger charge is -2.23. The maximum atomic E-state index is 13.3.